The van der Waals surface area contributed by atoms with Crippen molar-refractivity contribution in [3.63, 3.8) is 0 Å². The molecule has 0 amide bonds. The molecule has 0 spiro atoms. The van der Waals surface area contributed by atoms with E-state index in [0.29, 0.717) is 21.7 Å². The van der Waals surface area contributed by atoms with E-state index in [1.165, 1.54) is 4.68 Å². The molecule has 6 heteroatoms. The normalized spacial score (nSPS) is 11.2. The lowest BCUT2D eigenvalue weighted by Gasteiger charge is -2.06. The molecular weight excluding hydrogens is 278 g/mol. The van der Waals surface area contributed by atoms with Crippen molar-refractivity contribution in [2.75, 3.05) is 0 Å². The topological polar surface area (TPSA) is 60.9 Å². The first-order valence-electron chi connectivity index (χ1n) is 6.14. The minimum atomic E-state index is -0.192. The molecule has 0 atom stereocenters. The Morgan fingerprint density at radius 1 is 1.25 bits per heavy atom. The first-order chi connectivity index (χ1) is 9.54. The maximum atomic E-state index is 12.4. The van der Waals surface area contributed by atoms with Crippen molar-refractivity contribution in [3.8, 4) is 0 Å². The van der Waals surface area contributed by atoms with Gasteiger partial charge in [-0.2, -0.15) is 5.10 Å². The van der Waals surface area contributed by atoms with Gasteiger partial charge in [0, 0.05) is 11.5 Å². The summed E-state index contributed by atoms with van der Waals surface area (Å²) in [6.45, 7) is 3.96. The van der Waals surface area contributed by atoms with E-state index >= 15 is 0 Å². The second-order valence-electron chi connectivity index (χ2n) is 4.74. The zero-order chi connectivity index (χ0) is 14.3. The lowest BCUT2D eigenvalue weighted by molar-refractivity contribution is 0.366. The third kappa shape index (κ3) is 2.20. The van der Waals surface area contributed by atoms with Crippen LogP contribution in [-0.4, -0.2) is 14.9 Å². The molecule has 2 heterocycles. The van der Waals surface area contributed by atoms with Crippen molar-refractivity contribution >= 4 is 22.4 Å². The molecule has 0 unspecified atom stereocenters. The summed E-state index contributed by atoms with van der Waals surface area (Å²) in [7, 11) is 0. The number of aryl methyl sites for hydroxylation is 2. The molecule has 0 N–H and O–H groups in total. The molecule has 0 aliphatic heterocycles. The maximum Gasteiger partial charge on any atom is 0.275 e. The Hall–Kier alpha value is -2.14. The van der Waals surface area contributed by atoms with Crippen LogP contribution in [-0.2, 0) is 6.54 Å². The van der Waals surface area contributed by atoms with Gasteiger partial charge in [0.15, 0.2) is 10.9 Å². The van der Waals surface area contributed by atoms with E-state index in [9.17, 15) is 4.79 Å². The fourth-order valence-electron chi connectivity index (χ4n) is 2.10. The largest absolute Gasteiger partial charge is 0.359 e. The summed E-state index contributed by atoms with van der Waals surface area (Å²) in [6, 6.07) is 7.29. The van der Waals surface area contributed by atoms with Gasteiger partial charge < -0.3 is 4.52 Å². The molecule has 0 aliphatic carbocycles. The van der Waals surface area contributed by atoms with E-state index < -0.39 is 0 Å². The van der Waals surface area contributed by atoms with Gasteiger partial charge in [0.1, 0.15) is 6.54 Å². The van der Waals surface area contributed by atoms with E-state index in [0.717, 1.165) is 11.3 Å². The molecular formula is C14H12ClN3O2. The molecule has 20 heavy (non-hydrogen) atoms. The van der Waals surface area contributed by atoms with E-state index in [-0.39, 0.29) is 12.1 Å². The van der Waals surface area contributed by atoms with Gasteiger partial charge in [-0.1, -0.05) is 34.5 Å². The maximum absolute atomic E-state index is 12.4. The monoisotopic (exact) mass is 289 g/mol. The van der Waals surface area contributed by atoms with Gasteiger partial charge in [-0.05, 0) is 19.9 Å². The number of halogens is 1. The molecule has 0 radical (unpaired) electrons. The first kappa shape index (κ1) is 12.9. The lowest BCUT2D eigenvalue weighted by Crippen LogP contribution is -2.23. The number of benzene rings is 1. The van der Waals surface area contributed by atoms with Crippen molar-refractivity contribution in [2.24, 2.45) is 0 Å². The number of hydrogen-bond acceptors (Lipinski definition) is 4. The SMILES string of the molecule is Cc1ccc2c(Cl)nn(Cc3cc(C)no3)c(=O)c2c1. The Morgan fingerprint density at radius 3 is 2.75 bits per heavy atom. The molecule has 102 valence electrons. The van der Waals surface area contributed by atoms with Crippen LogP contribution in [0.1, 0.15) is 17.0 Å². The van der Waals surface area contributed by atoms with Gasteiger partial charge in [0.05, 0.1) is 11.1 Å². The molecule has 1 aromatic carbocycles. The number of aromatic nitrogens is 3. The number of rotatable bonds is 2. The van der Waals surface area contributed by atoms with Crippen LogP contribution in [0.25, 0.3) is 10.8 Å². The van der Waals surface area contributed by atoms with Crippen molar-refractivity contribution in [3.05, 3.63) is 56.8 Å². The summed E-state index contributed by atoms with van der Waals surface area (Å²) in [5.41, 5.74) is 1.57. The summed E-state index contributed by atoms with van der Waals surface area (Å²) >= 11 is 6.14. The standard InChI is InChI=1S/C14H12ClN3O2/c1-8-3-4-11-12(5-8)14(19)18(16-13(11)15)7-10-6-9(2)17-20-10/h3-6H,7H2,1-2H3. The van der Waals surface area contributed by atoms with Crippen LogP contribution in [0.2, 0.25) is 5.15 Å². The molecule has 3 aromatic rings. The predicted molar refractivity (Wildman–Crippen MR) is 76.1 cm³/mol. The van der Waals surface area contributed by atoms with Crippen LogP contribution in [0.3, 0.4) is 0 Å². The zero-order valence-electron chi connectivity index (χ0n) is 11.1. The summed E-state index contributed by atoms with van der Waals surface area (Å²) in [5, 5.41) is 9.42. The Bertz CT molecular complexity index is 851. The van der Waals surface area contributed by atoms with Gasteiger partial charge in [0.25, 0.3) is 5.56 Å². The van der Waals surface area contributed by atoms with Crippen LogP contribution >= 0.6 is 11.6 Å². The lowest BCUT2D eigenvalue weighted by atomic mass is 10.1. The van der Waals surface area contributed by atoms with Crippen LogP contribution in [0.15, 0.2) is 33.6 Å². The fraction of sp³-hybridized carbons (Fsp3) is 0.214. The molecule has 0 aliphatic rings. The van der Waals surface area contributed by atoms with Crippen LogP contribution in [0, 0.1) is 13.8 Å². The summed E-state index contributed by atoms with van der Waals surface area (Å²) < 4.78 is 6.40. The van der Waals surface area contributed by atoms with Crippen molar-refractivity contribution < 1.29 is 4.52 Å². The molecule has 2 aromatic heterocycles. The zero-order valence-corrected chi connectivity index (χ0v) is 11.8. The molecule has 0 saturated heterocycles. The first-order valence-corrected chi connectivity index (χ1v) is 6.51. The molecule has 5 nitrogen and oxygen atoms in total. The Balaban J connectivity index is 2.16. The number of nitrogens with zero attached hydrogens (tertiary/aromatic N) is 3. The number of hydrogen-bond donors (Lipinski definition) is 0. The van der Waals surface area contributed by atoms with Gasteiger partial charge in [-0.15, -0.1) is 0 Å². The van der Waals surface area contributed by atoms with Crippen molar-refractivity contribution in [2.45, 2.75) is 20.4 Å². The van der Waals surface area contributed by atoms with E-state index in [1.807, 2.05) is 32.0 Å². The summed E-state index contributed by atoms with van der Waals surface area (Å²) in [5.74, 6) is 0.570. The van der Waals surface area contributed by atoms with Gasteiger partial charge >= 0.3 is 0 Å². The molecule has 3 rings (SSSR count). The van der Waals surface area contributed by atoms with Gasteiger partial charge in [-0.3, -0.25) is 4.79 Å². The highest BCUT2D eigenvalue weighted by atomic mass is 35.5. The molecule has 0 fully saturated rings. The fourth-order valence-corrected chi connectivity index (χ4v) is 2.36. The smallest absolute Gasteiger partial charge is 0.275 e. The van der Waals surface area contributed by atoms with Crippen LogP contribution in [0.5, 0.6) is 0 Å². The molecule has 0 bridgehead atoms. The Morgan fingerprint density at radius 2 is 2.05 bits per heavy atom. The highest BCUT2D eigenvalue weighted by molar-refractivity contribution is 6.34. The van der Waals surface area contributed by atoms with Crippen molar-refractivity contribution in [1.82, 2.24) is 14.9 Å². The van der Waals surface area contributed by atoms with Crippen LogP contribution in [0.4, 0.5) is 0 Å². The number of fused-ring (bicyclic) bond motifs is 1. The van der Waals surface area contributed by atoms with Gasteiger partial charge in [-0.25, -0.2) is 4.68 Å². The van der Waals surface area contributed by atoms with Crippen LogP contribution < -0.4 is 5.56 Å². The van der Waals surface area contributed by atoms with E-state index in [4.69, 9.17) is 16.1 Å². The molecule has 0 saturated carbocycles. The highest BCUT2D eigenvalue weighted by Crippen LogP contribution is 2.19. The van der Waals surface area contributed by atoms with E-state index in [2.05, 4.69) is 10.3 Å². The quantitative estimate of drug-likeness (QED) is 0.728. The third-order valence-electron chi connectivity index (χ3n) is 3.05. The third-order valence-corrected chi connectivity index (χ3v) is 3.33. The summed E-state index contributed by atoms with van der Waals surface area (Å²) in [4.78, 5) is 12.4. The predicted octanol–water partition coefficient (Wildman–Crippen LogP) is 2.70. The minimum Gasteiger partial charge on any atom is -0.359 e. The average molecular weight is 290 g/mol. The summed E-state index contributed by atoms with van der Waals surface area (Å²) in [6.07, 6.45) is 0. The second-order valence-corrected chi connectivity index (χ2v) is 5.10. The minimum absolute atomic E-state index is 0.192. The highest BCUT2D eigenvalue weighted by Gasteiger charge is 2.11. The Kier molecular flexibility index (Phi) is 3.06. The second kappa shape index (κ2) is 4.76. The van der Waals surface area contributed by atoms with E-state index in [1.54, 1.807) is 6.07 Å². The van der Waals surface area contributed by atoms with Crippen molar-refractivity contribution in [1.29, 1.82) is 0 Å². The van der Waals surface area contributed by atoms with Gasteiger partial charge in [0.2, 0.25) is 0 Å². The average Bonchev–Trinajstić information content (AvgIpc) is 2.81. The Labute approximate surface area is 119 Å².